The zero-order valence-corrected chi connectivity index (χ0v) is 17.6. The van der Waals surface area contributed by atoms with Crippen LogP contribution in [0.25, 0.3) is 5.65 Å². The van der Waals surface area contributed by atoms with Crippen LogP contribution in [0.15, 0.2) is 12.3 Å². The van der Waals surface area contributed by atoms with Crippen molar-refractivity contribution in [3.05, 3.63) is 29.2 Å². The Bertz CT molecular complexity index is 969. The van der Waals surface area contributed by atoms with Crippen molar-refractivity contribution in [1.29, 1.82) is 0 Å². The molecule has 178 valence electrons. The number of alkyl halides is 6. The number of hydrogen-bond acceptors (Lipinski definition) is 4. The first-order chi connectivity index (χ1) is 14.8. The van der Waals surface area contributed by atoms with Crippen molar-refractivity contribution in [2.24, 2.45) is 11.8 Å². The quantitative estimate of drug-likeness (QED) is 0.450. The van der Waals surface area contributed by atoms with Gasteiger partial charge in [-0.05, 0) is 44.2 Å². The number of aliphatic hydroxyl groups excluding tert-OH is 1. The maximum atomic E-state index is 12.9. The number of aryl methyl sites for hydroxylation is 2. The van der Waals surface area contributed by atoms with Crippen LogP contribution in [-0.2, 0) is 0 Å². The van der Waals surface area contributed by atoms with Crippen LogP contribution in [0.1, 0.15) is 53.8 Å². The molecule has 2 heterocycles. The maximum Gasteiger partial charge on any atom is 0.400 e. The molecule has 1 aliphatic carbocycles. The molecular formula is C21H24F6N2O3. The number of carbonyl (C=O) groups excluding carboxylic acids is 1. The van der Waals surface area contributed by atoms with Crippen molar-refractivity contribution in [3.8, 4) is 5.75 Å². The zero-order valence-electron chi connectivity index (χ0n) is 17.6. The number of pyridine rings is 1. The Morgan fingerprint density at radius 1 is 1.22 bits per heavy atom. The van der Waals surface area contributed by atoms with Crippen LogP contribution in [-0.4, -0.2) is 45.3 Å². The Labute approximate surface area is 180 Å². The number of hydrogen-bond donors (Lipinski definition) is 1. The first-order valence-corrected chi connectivity index (χ1v) is 10.3. The van der Waals surface area contributed by atoms with Gasteiger partial charge in [-0.3, -0.25) is 9.20 Å². The van der Waals surface area contributed by atoms with Crippen LogP contribution in [0.5, 0.6) is 5.75 Å². The summed E-state index contributed by atoms with van der Waals surface area (Å²) in [5.74, 6) is -3.90. The van der Waals surface area contributed by atoms with Crippen molar-refractivity contribution in [1.82, 2.24) is 9.38 Å². The third kappa shape index (κ3) is 5.19. The summed E-state index contributed by atoms with van der Waals surface area (Å²) < 4.78 is 83.2. The highest BCUT2D eigenvalue weighted by atomic mass is 19.4. The zero-order chi connectivity index (χ0) is 23.8. The maximum absolute atomic E-state index is 12.9. The van der Waals surface area contributed by atoms with E-state index in [4.69, 9.17) is 4.74 Å². The fourth-order valence-corrected chi connectivity index (χ4v) is 4.19. The number of Topliss-reactive ketones (excluding diaryl/α,β-unsaturated/α-hetero) is 1. The molecule has 5 nitrogen and oxygen atoms in total. The van der Waals surface area contributed by atoms with E-state index in [0.717, 1.165) is 12.8 Å². The summed E-state index contributed by atoms with van der Waals surface area (Å²) in [5.41, 5.74) is 1.35. The lowest BCUT2D eigenvalue weighted by atomic mass is 9.97. The third-order valence-electron chi connectivity index (χ3n) is 5.78. The average Bonchev–Trinajstić information content (AvgIpc) is 3.18. The summed E-state index contributed by atoms with van der Waals surface area (Å²) in [6.07, 6.45) is -8.77. The van der Waals surface area contributed by atoms with Crippen molar-refractivity contribution < 1.29 is 41.0 Å². The highest BCUT2D eigenvalue weighted by Crippen LogP contribution is 2.41. The number of ether oxygens (including phenoxy) is 1. The molecule has 0 amide bonds. The van der Waals surface area contributed by atoms with Gasteiger partial charge in [0.15, 0.2) is 23.1 Å². The van der Waals surface area contributed by atoms with Crippen LogP contribution in [0.4, 0.5) is 26.3 Å². The minimum atomic E-state index is -5.43. The van der Waals surface area contributed by atoms with Crippen LogP contribution in [0, 0.1) is 25.7 Å². The molecular weight excluding hydrogens is 442 g/mol. The van der Waals surface area contributed by atoms with E-state index in [-0.39, 0.29) is 35.2 Å². The van der Waals surface area contributed by atoms with Crippen LogP contribution in [0.2, 0.25) is 0 Å². The van der Waals surface area contributed by atoms with E-state index in [0.29, 0.717) is 17.7 Å². The fourth-order valence-electron chi connectivity index (χ4n) is 4.19. The minimum Gasteiger partial charge on any atom is -0.490 e. The average molecular weight is 466 g/mol. The van der Waals surface area contributed by atoms with E-state index in [1.54, 1.807) is 20.0 Å². The Kier molecular flexibility index (Phi) is 6.78. The fraction of sp³-hybridized carbons (Fsp3) is 0.619. The van der Waals surface area contributed by atoms with Crippen LogP contribution in [0.3, 0.4) is 0 Å². The van der Waals surface area contributed by atoms with Crippen molar-refractivity contribution in [3.63, 3.8) is 0 Å². The highest BCUT2D eigenvalue weighted by molar-refractivity contribution is 5.97. The van der Waals surface area contributed by atoms with Gasteiger partial charge in [0.25, 0.3) is 0 Å². The van der Waals surface area contributed by atoms with E-state index in [1.807, 2.05) is 0 Å². The first kappa shape index (κ1) is 24.3. The molecule has 32 heavy (non-hydrogen) atoms. The number of aromatic nitrogens is 2. The van der Waals surface area contributed by atoms with Gasteiger partial charge in [0.2, 0.25) is 0 Å². The number of rotatable bonds is 7. The van der Waals surface area contributed by atoms with E-state index < -0.39 is 37.4 Å². The number of imidazole rings is 1. The largest absolute Gasteiger partial charge is 0.490 e. The molecule has 2 aromatic heterocycles. The lowest BCUT2D eigenvalue weighted by Gasteiger charge is -2.22. The van der Waals surface area contributed by atoms with E-state index in [1.165, 1.54) is 10.5 Å². The number of halogens is 6. The topological polar surface area (TPSA) is 63.8 Å². The van der Waals surface area contributed by atoms with Crippen molar-refractivity contribution in [2.45, 2.75) is 64.4 Å². The normalized spacial score (nSPS) is 19.8. The Morgan fingerprint density at radius 2 is 1.88 bits per heavy atom. The van der Waals surface area contributed by atoms with Gasteiger partial charge in [0.05, 0.1) is 18.4 Å². The molecule has 1 saturated carbocycles. The number of fused-ring (bicyclic) bond motifs is 1. The predicted octanol–water partition coefficient (Wildman–Crippen LogP) is 5.19. The SMILES string of the molecule is Cc1cc(OCCC(C(F)(F)F)C(F)(F)F)c2nc(C)c(C(=O)CC3CCCC3O)n2c1. The summed E-state index contributed by atoms with van der Waals surface area (Å²) >= 11 is 0. The molecule has 3 rings (SSSR count). The lowest BCUT2D eigenvalue weighted by Crippen LogP contribution is -2.37. The number of aliphatic hydroxyl groups is 1. The van der Waals surface area contributed by atoms with Gasteiger partial charge in [-0.2, -0.15) is 26.3 Å². The molecule has 1 N–H and O–H groups in total. The number of carbonyl (C=O) groups is 1. The second kappa shape index (κ2) is 8.92. The predicted molar refractivity (Wildman–Crippen MR) is 103 cm³/mol. The summed E-state index contributed by atoms with van der Waals surface area (Å²) in [4.78, 5) is 17.2. The van der Waals surface area contributed by atoms with E-state index in [2.05, 4.69) is 4.98 Å². The molecule has 2 atom stereocenters. The second-order valence-corrected chi connectivity index (χ2v) is 8.28. The van der Waals surface area contributed by atoms with Gasteiger partial charge in [-0.25, -0.2) is 4.98 Å². The highest BCUT2D eigenvalue weighted by Gasteiger charge is 2.56. The van der Waals surface area contributed by atoms with Gasteiger partial charge in [0.1, 0.15) is 5.69 Å². The first-order valence-electron chi connectivity index (χ1n) is 10.3. The van der Waals surface area contributed by atoms with E-state index >= 15 is 0 Å². The summed E-state index contributed by atoms with van der Waals surface area (Å²) in [7, 11) is 0. The van der Waals surface area contributed by atoms with Crippen molar-refractivity contribution in [2.75, 3.05) is 6.61 Å². The third-order valence-corrected chi connectivity index (χ3v) is 5.78. The number of nitrogens with zero attached hydrogens (tertiary/aromatic N) is 2. The molecule has 2 unspecified atom stereocenters. The standard InChI is InChI=1S/C21H24F6N2O3/c1-11-8-16(32-7-6-17(20(22,23)24)21(25,26)27)19-28-12(2)18(29(19)10-11)15(31)9-13-4-3-5-14(13)30/h8,10,13-14,17,30H,3-7,9H2,1-2H3. The smallest absolute Gasteiger partial charge is 0.400 e. The lowest BCUT2D eigenvalue weighted by molar-refractivity contribution is -0.286. The second-order valence-electron chi connectivity index (χ2n) is 8.28. The summed E-state index contributed by atoms with van der Waals surface area (Å²) in [6.45, 7) is 2.42. The molecule has 0 saturated heterocycles. The molecule has 0 spiro atoms. The van der Waals surface area contributed by atoms with Crippen molar-refractivity contribution >= 4 is 11.4 Å². The van der Waals surface area contributed by atoms with Gasteiger partial charge < -0.3 is 9.84 Å². The Hall–Kier alpha value is -2.30. The number of ketones is 1. The molecule has 1 fully saturated rings. The molecule has 0 aliphatic heterocycles. The molecule has 0 bridgehead atoms. The van der Waals surface area contributed by atoms with Gasteiger partial charge >= 0.3 is 12.4 Å². The van der Waals surface area contributed by atoms with Gasteiger partial charge in [0, 0.05) is 19.0 Å². The Balaban J connectivity index is 1.83. The van der Waals surface area contributed by atoms with Gasteiger partial charge in [-0.1, -0.05) is 6.42 Å². The van der Waals surface area contributed by atoms with Crippen LogP contribution < -0.4 is 4.74 Å². The summed E-state index contributed by atoms with van der Waals surface area (Å²) in [5, 5.41) is 10.0. The minimum absolute atomic E-state index is 0.00356. The van der Waals surface area contributed by atoms with Crippen LogP contribution >= 0.6 is 0 Å². The monoisotopic (exact) mass is 466 g/mol. The molecule has 0 aromatic carbocycles. The molecule has 0 radical (unpaired) electrons. The van der Waals surface area contributed by atoms with Gasteiger partial charge in [-0.15, -0.1) is 0 Å². The Morgan fingerprint density at radius 3 is 2.44 bits per heavy atom. The molecule has 2 aromatic rings. The summed E-state index contributed by atoms with van der Waals surface area (Å²) in [6, 6.07) is 1.45. The van der Waals surface area contributed by atoms with E-state index in [9.17, 15) is 36.2 Å². The molecule has 11 heteroatoms. The molecule has 1 aliphatic rings.